The van der Waals surface area contributed by atoms with Crippen LogP contribution in [0, 0.1) is 11.8 Å². The summed E-state index contributed by atoms with van der Waals surface area (Å²) in [5.41, 5.74) is 3.92. The summed E-state index contributed by atoms with van der Waals surface area (Å²) in [6.45, 7) is 4.23. The Bertz CT molecular complexity index is 1500. The maximum atomic E-state index is 11.4. The van der Waals surface area contributed by atoms with E-state index in [1.165, 1.54) is 30.6 Å². The maximum Gasteiger partial charge on any atom is 0.407 e. The van der Waals surface area contributed by atoms with Gasteiger partial charge in [0.05, 0.1) is 23.8 Å². The molecular weight excluding hydrogens is 480 g/mol. The van der Waals surface area contributed by atoms with Crippen LogP contribution in [0.25, 0.3) is 21.9 Å². The second kappa shape index (κ2) is 9.11. The van der Waals surface area contributed by atoms with Gasteiger partial charge in [-0.25, -0.2) is 9.78 Å². The second-order valence-corrected chi connectivity index (χ2v) is 11.0. The summed E-state index contributed by atoms with van der Waals surface area (Å²) in [5, 5.41) is 19.1. The molecule has 10 heteroatoms. The van der Waals surface area contributed by atoms with Gasteiger partial charge in [0, 0.05) is 37.8 Å². The molecule has 4 heterocycles. The van der Waals surface area contributed by atoms with Gasteiger partial charge >= 0.3 is 6.09 Å². The molecular formula is C28H32N8O2. The van der Waals surface area contributed by atoms with E-state index in [0.717, 1.165) is 33.3 Å². The molecule has 2 saturated carbocycles. The molecule has 2 aliphatic carbocycles. The number of carboxylic acid groups (broad SMARTS) is 1. The minimum absolute atomic E-state index is 0.0847. The molecule has 3 fully saturated rings. The molecule has 7 rings (SSSR count). The summed E-state index contributed by atoms with van der Waals surface area (Å²) in [6.07, 6.45) is 7.75. The van der Waals surface area contributed by atoms with Crippen molar-refractivity contribution in [3.63, 3.8) is 0 Å². The molecule has 4 aromatic rings. The Labute approximate surface area is 220 Å². The summed E-state index contributed by atoms with van der Waals surface area (Å²) in [5.74, 6) is 2.57. The zero-order valence-corrected chi connectivity index (χ0v) is 21.5. The van der Waals surface area contributed by atoms with Crippen molar-refractivity contribution in [3.8, 4) is 0 Å². The number of hydrogen-bond donors (Lipinski definition) is 2. The first-order valence-corrected chi connectivity index (χ1v) is 13.6. The van der Waals surface area contributed by atoms with E-state index in [0.29, 0.717) is 44.0 Å². The van der Waals surface area contributed by atoms with Crippen LogP contribution in [-0.2, 0) is 0 Å². The first-order valence-electron chi connectivity index (χ1n) is 13.6. The van der Waals surface area contributed by atoms with Crippen LogP contribution in [0.2, 0.25) is 0 Å². The molecule has 3 aromatic heterocycles. The smallest absolute Gasteiger partial charge is 0.407 e. The van der Waals surface area contributed by atoms with Crippen LogP contribution in [0.15, 0.2) is 42.7 Å². The van der Waals surface area contributed by atoms with Crippen molar-refractivity contribution < 1.29 is 9.90 Å². The van der Waals surface area contributed by atoms with Crippen molar-refractivity contribution in [1.82, 2.24) is 29.6 Å². The number of nitrogens with one attached hydrogen (secondary N) is 1. The molecule has 38 heavy (non-hydrogen) atoms. The van der Waals surface area contributed by atoms with Gasteiger partial charge in [0.1, 0.15) is 11.0 Å². The van der Waals surface area contributed by atoms with Gasteiger partial charge in [0.2, 0.25) is 5.95 Å². The fourth-order valence-electron chi connectivity index (χ4n) is 5.69. The van der Waals surface area contributed by atoms with E-state index in [9.17, 15) is 9.90 Å². The van der Waals surface area contributed by atoms with Gasteiger partial charge in [-0.1, -0.05) is 18.2 Å². The average Bonchev–Trinajstić information content (AvgIpc) is 3.88. The summed E-state index contributed by atoms with van der Waals surface area (Å²) in [7, 11) is 0. The SMILES string of the molecule is CC(C1CC1)n1ncc2nc(N3CCN(C(=O)O)CC3)nc(N[C@@H](c3cnc4ccccc4c3)C3CC3)c21. The molecule has 0 bridgehead atoms. The van der Waals surface area contributed by atoms with Gasteiger partial charge in [0.15, 0.2) is 5.82 Å². The zero-order chi connectivity index (χ0) is 25.8. The van der Waals surface area contributed by atoms with Crippen molar-refractivity contribution in [2.45, 2.75) is 44.7 Å². The molecule has 196 valence electrons. The first kappa shape index (κ1) is 23.2. The third-order valence-electron chi connectivity index (χ3n) is 8.31. The predicted molar refractivity (Wildman–Crippen MR) is 145 cm³/mol. The van der Waals surface area contributed by atoms with E-state index < -0.39 is 6.09 Å². The fraction of sp³-hybridized carbons (Fsp3) is 0.464. The van der Waals surface area contributed by atoms with Gasteiger partial charge in [-0.15, -0.1) is 0 Å². The summed E-state index contributed by atoms with van der Waals surface area (Å²) >= 11 is 0. The molecule has 2 atom stereocenters. The Kier molecular flexibility index (Phi) is 5.56. The lowest BCUT2D eigenvalue weighted by Gasteiger charge is -2.33. The maximum absolute atomic E-state index is 11.4. The number of aromatic nitrogens is 5. The standard InChI is InChI=1S/C28H32N8O2/c1-17(18-6-7-18)36-25-23(16-30-36)31-27(34-10-12-35(13-11-34)28(37)38)33-26(25)32-24(19-8-9-19)21-14-20-4-2-3-5-22(20)29-15-21/h2-5,14-19,24H,6-13H2,1H3,(H,37,38)(H,31,32,33)/t17?,24-/m1/s1. The van der Waals surface area contributed by atoms with Crippen LogP contribution in [0.5, 0.6) is 0 Å². The number of para-hydroxylation sites is 1. The van der Waals surface area contributed by atoms with Gasteiger partial charge in [-0.3, -0.25) is 9.67 Å². The van der Waals surface area contributed by atoms with E-state index in [1.54, 1.807) is 0 Å². The Morgan fingerprint density at radius 1 is 1.00 bits per heavy atom. The number of nitrogens with zero attached hydrogens (tertiary/aromatic N) is 7. The molecule has 1 aliphatic heterocycles. The van der Waals surface area contributed by atoms with Crippen molar-refractivity contribution in [1.29, 1.82) is 0 Å². The highest BCUT2D eigenvalue weighted by molar-refractivity contribution is 5.87. The number of fused-ring (bicyclic) bond motifs is 2. The lowest BCUT2D eigenvalue weighted by molar-refractivity contribution is 0.142. The predicted octanol–water partition coefficient (Wildman–Crippen LogP) is 4.71. The molecule has 1 saturated heterocycles. The van der Waals surface area contributed by atoms with Crippen LogP contribution < -0.4 is 10.2 Å². The Balaban J connectivity index is 1.28. The monoisotopic (exact) mass is 512 g/mol. The highest BCUT2D eigenvalue weighted by atomic mass is 16.4. The summed E-state index contributed by atoms with van der Waals surface area (Å²) in [4.78, 5) is 29.7. The summed E-state index contributed by atoms with van der Waals surface area (Å²) < 4.78 is 2.10. The highest BCUT2D eigenvalue weighted by Crippen LogP contribution is 2.45. The molecule has 0 radical (unpaired) electrons. The van der Waals surface area contributed by atoms with Crippen molar-refractivity contribution >= 4 is 39.8 Å². The fourth-order valence-corrected chi connectivity index (χ4v) is 5.69. The molecule has 3 aliphatic rings. The number of amides is 1. The second-order valence-electron chi connectivity index (χ2n) is 11.0. The van der Waals surface area contributed by atoms with E-state index in [-0.39, 0.29) is 12.1 Å². The number of pyridine rings is 1. The van der Waals surface area contributed by atoms with Crippen LogP contribution >= 0.6 is 0 Å². The average molecular weight is 513 g/mol. The molecule has 1 unspecified atom stereocenters. The minimum Gasteiger partial charge on any atom is -0.465 e. The lowest BCUT2D eigenvalue weighted by atomic mass is 10.0. The van der Waals surface area contributed by atoms with Crippen molar-refractivity contribution in [2.75, 3.05) is 36.4 Å². The number of benzene rings is 1. The minimum atomic E-state index is -0.880. The quantitative estimate of drug-likeness (QED) is 0.366. The number of rotatable bonds is 7. The van der Waals surface area contributed by atoms with Gasteiger partial charge in [-0.05, 0) is 62.1 Å². The van der Waals surface area contributed by atoms with Gasteiger partial charge in [0.25, 0.3) is 0 Å². The van der Waals surface area contributed by atoms with Gasteiger partial charge < -0.3 is 20.2 Å². The Morgan fingerprint density at radius 3 is 2.50 bits per heavy atom. The van der Waals surface area contributed by atoms with Crippen LogP contribution in [-0.4, -0.2) is 67.0 Å². The third kappa shape index (κ3) is 4.27. The molecule has 2 N–H and O–H groups in total. The molecule has 1 amide bonds. The van der Waals surface area contributed by atoms with Crippen molar-refractivity contribution in [3.05, 3.63) is 48.3 Å². The number of carbonyl (C=O) groups is 1. The van der Waals surface area contributed by atoms with Gasteiger partial charge in [-0.2, -0.15) is 10.1 Å². The lowest BCUT2D eigenvalue weighted by Crippen LogP contribution is -2.48. The van der Waals surface area contributed by atoms with Crippen LogP contribution in [0.3, 0.4) is 0 Å². The molecule has 1 aromatic carbocycles. The van der Waals surface area contributed by atoms with Crippen molar-refractivity contribution in [2.24, 2.45) is 11.8 Å². The largest absolute Gasteiger partial charge is 0.465 e. The normalized spacial score (nSPS) is 19.6. The van der Waals surface area contributed by atoms with Crippen LogP contribution in [0.1, 0.15) is 50.3 Å². The zero-order valence-electron chi connectivity index (χ0n) is 21.5. The third-order valence-corrected chi connectivity index (χ3v) is 8.31. The van der Waals surface area contributed by atoms with E-state index in [2.05, 4.69) is 40.0 Å². The molecule has 0 spiro atoms. The topological polar surface area (TPSA) is 112 Å². The number of piperazine rings is 1. The Hall–Kier alpha value is -3.95. The molecule has 10 nitrogen and oxygen atoms in total. The first-order chi connectivity index (χ1) is 18.5. The number of anilines is 2. The summed E-state index contributed by atoms with van der Waals surface area (Å²) in [6, 6.07) is 10.8. The number of hydrogen-bond acceptors (Lipinski definition) is 7. The van der Waals surface area contributed by atoms with E-state index in [4.69, 9.17) is 20.1 Å². The van der Waals surface area contributed by atoms with E-state index >= 15 is 0 Å². The Morgan fingerprint density at radius 2 is 1.76 bits per heavy atom. The highest BCUT2D eigenvalue weighted by Gasteiger charge is 2.36. The van der Waals surface area contributed by atoms with Crippen LogP contribution in [0.4, 0.5) is 16.6 Å². The van der Waals surface area contributed by atoms with E-state index in [1.807, 2.05) is 24.5 Å².